The minimum Gasteiger partial charge on any atom is -0.506 e. The number of halogens is 2. The molecule has 1 aliphatic rings. The van der Waals surface area contributed by atoms with Crippen molar-refractivity contribution < 1.29 is 23.9 Å². The van der Waals surface area contributed by atoms with Gasteiger partial charge in [-0.1, -0.05) is 11.6 Å². The maximum atomic E-state index is 14.0. The van der Waals surface area contributed by atoms with Crippen molar-refractivity contribution in [3.8, 4) is 11.5 Å². The molecular formula is C13H15ClFNO4. The summed E-state index contributed by atoms with van der Waals surface area (Å²) in [7, 11) is 0. The number of hydrogen-bond donors (Lipinski definition) is 2. The standard InChI is InChI=1S/C13H15ClFNO4/c1-2-19-10-5-9(17)11(14)12(15)8(10)6-16-20-13(18)7-3-4-7/h5,7,16-17H,2-4,6H2,1H3. The molecule has 5 nitrogen and oxygen atoms in total. The lowest BCUT2D eigenvalue weighted by Crippen LogP contribution is -2.21. The van der Waals surface area contributed by atoms with Gasteiger partial charge in [-0.3, -0.25) is 4.79 Å². The summed E-state index contributed by atoms with van der Waals surface area (Å²) in [5.74, 6) is -1.45. The lowest BCUT2D eigenvalue weighted by Gasteiger charge is -2.13. The molecule has 0 saturated heterocycles. The Morgan fingerprint density at radius 1 is 1.60 bits per heavy atom. The van der Waals surface area contributed by atoms with E-state index in [1.807, 2.05) is 0 Å². The molecule has 1 aromatic carbocycles. The van der Waals surface area contributed by atoms with Crippen LogP contribution in [0.3, 0.4) is 0 Å². The van der Waals surface area contributed by atoms with Crippen LogP contribution in [-0.2, 0) is 16.2 Å². The second-order valence-electron chi connectivity index (χ2n) is 4.45. The van der Waals surface area contributed by atoms with E-state index in [1.165, 1.54) is 6.07 Å². The summed E-state index contributed by atoms with van der Waals surface area (Å²) in [4.78, 5) is 16.1. The fourth-order valence-corrected chi connectivity index (χ4v) is 1.83. The number of hydroxylamine groups is 1. The molecule has 0 amide bonds. The molecular weight excluding hydrogens is 289 g/mol. The fraction of sp³-hybridized carbons (Fsp3) is 0.462. The van der Waals surface area contributed by atoms with Gasteiger partial charge < -0.3 is 14.7 Å². The second-order valence-corrected chi connectivity index (χ2v) is 4.83. The smallest absolute Gasteiger partial charge is 0.327 e. The number of hydrogen-bond acceptors (Lipinski definition) is 5. The Hall–Kier alpha value is -1.53. The molecule has 1 aliphatic carbocycles. The van der Waals surface area contributed by atoms with Crippen LogP contribution in [0.2, 0.25) is 5.02 Å². The Bertz CT molecular complexity index is 520. The molecule has 0 unspecified atom stereocenters. The molecule has 0 aromatic heterocycles. The SMILES string of the molecule is CCOc1cc(O)c(Cl)c(F)c1CNOC(=O)C1CC1. The topological polar surface area (TPSA) is 67.8 Å². The first kappa shape index (κ1) is 14.9. The molecule has 0 aliphatic heterocycles. The van der Waals surface area contributed by atoms with Crippen LogP contribution >= 0.6 is 11.6 Å². The van der Waals surface area contributed by atoms with Crippen molar-refractivity contribution in [2.24, 2.45) is 5.92 Å². The number of phenols is 1. The van der Waals surface area contributed by atoms with Gasteiger partial charge in [0, 0.05) is 11.6 Å². The van der Waals surface area contributed by atoms with Gasteiger partial charge >= 0.3 is 5.97 Å². The molecule has 110 valence electrons. The van der Waals surface area contributed by atoms with E-state index in [0.29, 0.717) is 6.61 Å². The van der Waals surface area contributed by atoms with E-state index in [2.05, 4.69) is 5.48 Å². The molecule has 0 spiro atoms. The highest BCUT2D eigenvalue weighted by Gasteiger charge is 2.31. The number of carbonyl (C=O) groups is 1. The number of phenolic OH excluding ortho intramolecular Hbond substituents is 1. The molecule has 1 aromatic rings. The van der Waals surface area contributed by atoms with E-state index < -0.39 is 16.6 Å². The van der Waals surface area contributed by atoms with Gasteiger partial charge in [0.15, 0.2) is 5.82 Å². The summed E-state index contributed by atoms with van der Waals surface area (Å²) in [5, 5.41) is 9.08. The highest BCUT2D eigenvalue weighted by Crippen LogP contribution is 2.35. The van der Waals surface area contributed by atoms with Gasteiger partial charge in [0.25, 0.3) is 0 Å². The van der Waals surface area contributed by atoms with Crippen molar-refractivity contribution in [3.63, 3.8) is 0 Å². The van der Waals surface area contributed by atoms with Gasteiger partial charge in [0.05, 0.1) is 19.1 Å². The Labute approximate surface area is 120 Å². The van der Waals surface area contributed by atoms with Crippen molar-refractivity contribution in [2.45, 2.75) is 26.3 Å². The summed E-state index contributed by atoms with van der Waals surface area (Å²) in [5.41, 5.74) is 2.49. The van der Waals surface area contributed by atoms with Crippen molar-refractivity contribution in [1.29, 1.82) is 0 Å². The highest BCUT2D eigenvalue weighted by atomic mass is 35.5. The summed E-state index contributed by atoms with van der Waals surface area (Å²) in [6.07, 6.45) is 1.65. The number of benzene rings is 1. The zero-order valence-electron chi connectivity index (χ0n) is 10.9. The van der Waals surface area contributed by atoms with Crippen LogP contribution in [0.1, 0.15) is 25.3 Å². The maximum absolute atomic E-state index is 14.0. The van der Waals surface area contributed by atoms with E-state index in [-0.39, 0.29) is 29.7 Å². The largest absolute Gasteiger partial charge is 0.506 e. The fourth-order valence-electron chi connectivity index (χ4n) is 1.66. The third kappa shape index (κ3) is 3.32. The predicted octanol–water partition coefficient (Wildman–Crippen LogP) is 2.54. The molecule has 20 heavy (non-hydrogen) atoms. The molecule has 1 saturated carbocycles. The highest BCUT2D eigenvalue weighted by molar-refractivity contribution is 6.32. The third-order valence-electron chi connectivity index (χ3n) is 2.88. The van der Waals surface area contributed by atoms with Crippen LogP contribution in [-0.4, -0.2) is 17.7 Å². The van der Waals surface area contributed by atoms with Crippen molar-refractivity contribution in [3.05, 3.63) is 22.5 Å². The maximum Gasteiger partial charge on any atom is 0.327 e. The van der Waals surface area contributed by atoms with Crippen LogP contribution in [0.4, 0.5) is 4.39 Å². The van der Waals surface area contributed by atoms with Gasteiger partial charge in [-0.25, -0.2) is 4.39 Å². The van der Waals surface area contributed by atoms with Crippen LogP contribution in [0.25, 0.3) is 0 Å². The van der Waals surface area contributed by atoms with E-state index >= 15 is 0 Å². The van der Waals surface area contributed by atoms with Crippen molar-refractivity contribution >= 4 is 17.6 Å². The average Bonchev–Trinajstić information content (AvgIpc) is 3.24. The van der Waals surface area contributed by atoms with Gasteiger partial charge in [-0.15, -0.1) is 5.48 Å². The monoisotopic (exact) mass is 303 g/mol. The van der Waals surface area contributed by atoms with Crippen molar-refractivity contribution in [1.82, 2.24) is 5.48 Å². The minimum absolute atomic E-state index is 0.0536. The van der Waals surface area contributed by atoms with E-state index in [4.69, 9.17) is 21.2 Å². The first-order valence-corrected chi connectivity index (χ1v) is 6.68. The first-order valence-electron chi connectivity index (χ1n) is 6.30. The number of nitrogens with one attached hydrogen (secondary N) is 1. The lowest BCUT2D eigenvalue weighted by molar-refractivity contribution is -0.153. The van der Waals surface area contributed by atoms with Crippen molar-refractivity contribution in [2.75, 3.05) is 6.61 Å². The molecule has 0 bridgehead atoms. The zero-order valence-corrected chi connectivity index (χ0v) is 11.7. The normalized spacial score (nSPS) is 14.2. The third-order valence-corrected chi connectivity index (χ3v) is 3.24. The van der Waals surface area contributed by atoms with Gasteiger partial charge in [0.1, 0.15) is 16.5 Å². The number of rotatable bonds is 6. The molecule has 0 radical (unpaired) electrons. The molecule has 0 atom stereocenters. The predicted molar refractivity (Wildman–Crippen MR) is 69.9 cm³/mol. The van der Waals surface area contributed by atoms with Crippen LogP contribution in [0, 0.1) is 11.7 Å². The molecule has 0 heterocycles. The lowest BCUT2D eigenvalue weighted by atomic mass is 10.1. The average molecular weight is 304 g/mol. The van der Waals surface area contributed by atoms with Crippen LogP contribution in [0.5, 0.6) is 11.5 Å². The second kappa shape index (κ2) is 6.28. The Morgan fingerprint density at radius 3 is 2.90 bits per heavy atom. The Balaban J connectivity index is 2.07. The number of carbonyl (C=O) groups excluding carboxylic acids is 1. The number of ether oxygens (including phenoxy) is 1. The first-order chi connectivity index (χ1) is 9.54. The quantitative estimate of drug-likeness (QED) is 0.791. The van der Waals surface area contributed by atoms with Crippen LogP contribution < -0.4 is 10.2 Å². The number of aromatic hydroxyl groups is 1. The molecule has 2 N–H and O–H groups in total. The van der Waals surface area contributed by atoms with Gasteiger partial charge in [0.2, 0.25) is 0 Å². The van der Waals surface area contributed by atoms with Gasteiger partial charge in [-0.2, -0.15) is 0 Å². The zero-order chi connectivity index (χ0) is 14.7. The molecule has 2 rings (SSSR count). The van der Waals surface area contributed by atoms with E-state index in [1.54, 1.807) is 6.92 Å². The molecule has 1 fully saturated rings. The van der Waals surface area contributed by atoms with Crippen LogP contribution in [0.15, 0.2) is 6.07 Å². The summed E-state index contributed by atoms with van der Waals surface area (Å²) < 4.78 is 19.2. The minimum atomic E-state index is -0.801. The van der Waals surface area contributed by atoms with E-state index in [9.17, 15) is 14.3 Å². The van der Waals surface area contributed by atoms with E-state index in [0.717, 1.165) is 12.8 Å². The van der Waals surface area contributed by atoms with Gasteiger partial charge in [-0.05, 0) is 19.8 Å². The summed E-state index contributed by atoms with van der Waals surface area (Å²) >= 11 is 5.64. The summed E-state index contributed by atoms with van der Waals surface area (Å²) in [6, 6.07) is 1.23. The Kier molecular flexibility index (Phi) is 4.67. The molecule has 7 heteroatoms. The summed E-state index contributed by atoms with van der Waals surface area (Å²) in [6.45, 7) is 1.93. The Morgan fingerprint density at radius 2 is 2.30 bits per heavy atom.